The first-order chi connectivity index (χ1) is 8.16. The predicted octanol–water partition coefficient (Wildman–Crippen LogP) is 3.31. The van der Waals surface area contributed by atoms with Gasteiger partial charge in [0.15, 0.2) is 0 Å². The molecule has 18 heavy (non-hydrogen) atoms. The van der Waals surface area contributed by atoms with Crippen molar-refractivity contribution in [3.05, 3.63) is 0 Å². The van der Waals surface area contributed by atoms with Crippen LogP contribution in [0.2, 0.25) is 0 Å². The zero-order chi connectivity index (χ0) is 14.3. The zero-order valence-corrected chi connectivity index (χ0v) is 12.6. The molecule has 0 bridgehead atoms. The zero-order valence-electron chi connectivity index (χ0n) is 12.6. The van der Waals surface area contributed by atoms with Crippen LogP contribution in [0.3, 0.4) is 0 Å². The monoisotopic (exact) mass is 255 g/mol. The maximum atomic E-state index is 11.9. The normalized spacial score (nSPS) is 15.2. The molecule has 0 aliphatic heterocycles. The number of Topliss-reactive ketones (excluding diaryl/α,β-unsaturated/α-hetero) is 1. The molecule has 0 saturated heterocycles. The first-order valence-corrected chi connectivity index (χ1v) is 6.98. The van der Waals surface area contributed by atoms with E-state index in [1.54, 1.807) is 0 Å². The summed E-state index contributed by atoms with van der Waals surface area (Å²) in [6.07, 6.45) is 4.38. The lowest BCUT2D eigenvalue weighted by atomic mass is 9.78. The molecule has 0 heterocycles. The van der Waals surface area contributed by atoms with Gasteiger partial charge in [-0.1, -0.05) is 47.5 Å². The fourth-order valence-electron chi connectivity index (χ4n) is 1.77. The molecule has 0 fully saturated rings. The van der Waals surface area contributed by atoms with Gasteiger partial charge in [0.05, 0.1) is 0 Å². The van der Waals surface area contributed by atoms with Crippen molar-refractivity contribution in [3.8, 4) is 0 Å². The molecule has 2 atom stereocenters. The molecule has 0 aromatic carbocycles. The summed E-state index contributed by atoms with van der Waals surface area (Å²) in [6, 6.07) is 0. The van der Waals surface area contributed by atoms with Crippen LogP contribution in [0.25, 0.3) is 0 Å². The SMILES string of the molecule is CC(CCCCCC(=O)[C@@H](C)C(C)(C)C)C(N)=O. The maximum Gasteiger partial charge on any atom is 0.220 e. The highest BCUT2D eigenvalue weighted by Gasteiger charge is 2.25. The molecule has 0 rings (SSSR count). The number of carbonyl (C=O) groups excluding carboxylic acids is 2. The van der Waals surface area contributed by atoms with Gasteiger partial charge < -0.3 is 5.73 Å². The van der Waals surface area contributed by atoms with Crippen LogP contribution in [0, 0.1) is 17.3 Å². The van der Waals surface area contributed by atoms with E-state index in [0.717, 1.165) is 25.7 Å². The summed E-state index contributed by atoms with van der Waals surface area (Å²) in [6.45, 7) is 10.2. The lowest BCUT2D eigenvalue weighted by Gasteiger charge is -2.25. The van der Waals surface area contributed by atoms with E-state index in [2.05, 4.69) is 20.8 Å². The van der Waals surface area contributed by atoms with Crippen molar-refractivity contribution < 1.29 is 9.59 Å². The van der Waals surface area contributed by atoms with Gasteiger partial charge in [-0.15, -0.1) is 0 Å². The van der Waals surface area contributed by atoms with Gasteiger partial charge in [-0.25, -0.2) is 0 Å². The summed E-state index contributed by atoms with van der Waals surface area (Å²) in [7, 11) is 0. The molecule has 106 valence electrons. The Labute approximate surface area is 112 Å². The predicted molar refractivity (Wildman–Crippen MR) is 75.1 cm³/mol. The Morgan fingerprint density at radius 3 is 2.06 bits per heavy atom. The van der Waals surface area contributed by atoms with Crippen molar-refractivity contribution in [2.24, 2.45) is 23.0 Å². The van der Waals surface area contributed by atoms with E-state index in [1.807, 2.05) is 13.8 Å². The van der Waals surface area contributed by atoms with Crippen LogP contribution in [0.15, 0.2) is 0 Å². The summed E-state index contributed by atoms with van der Waals surface area (Å²) >= 11 is 0. The average Bonchev–Trinajstić information content (AvgIpc) is 2.25. The number of unbranched alkanes of at least 4 members (excludes halogenated alkanes) is 2. The van der Waals surface area contributed by atoms with E-state index in [0.29, 0.717) is 12.2 Å². The number of hydrogen-bond acceptors (Lipinski definition) is 2. The van der Waals surface area contributed by atoms with Gasteiger partial charge in [0, 0.05) is 18.3 Å². The minimum absolute atomic E-state index is 0.0470. The Hall–Kier alpha value is -0.860. The first-order valence-electron chi connectivity index (χ1n) is 6.98. The second-order valence-electron chi connectivity index (χ2n) is 6.46. The van der Waals surface area contributed by atoms with Gasteiger partial charge in [-0.05, 0) is 18.3 Å². The van der Waals surface area contributed by atoms with Crippen molar-refractivity contribution in [2.75, 3.05) is 0 Å². The van der Waals surface area contributed by atoms with Crippen LogP contribution in [-0.2, 0) is 9.59 Å². The molecule has 0 radical (unpaired) electrons. The average molecular weight is 255 g/mol. The number of ketones is 1. The molecule has 2 N–H and O–H groups in total. The Kier molecular flexibility index (Phi) is 7.19. The van der Waals surface area contributed by atoms with E-state index in [9.17, 15) is 9.59 Å². The van der Waals surface area contributed by atoms with Crippen molar-refractivity contribution >= 4 is 11.7 Å². The summed E-state index contributed by atoms with van der Waals surface area (Å²) < 4.78 is 0. The number of hydrogen-bond donors (Lipinski definition) is 1. The van der Waals surface area contributed by atoms with Crippen molar-refractivity contribution in [2.45, 2.75) is 66.7 Å². The third-order valence-corrected chi connectivity index (χ3v) is 3.83. The molecule has 3 heteroatoms. The molecule has 0 saturated carbocycles. The number of carbonyl (C=O) groups is 2. The molecule has 1 amide bonds. The third kappa shape index (κ3) is 6.77. The Balaban J connectivity index is 3.74. The van der Waals surface area contributed by atoms with Crippen LogP contribution in [-0.4, -0.2) is 11.7 Å². The Bertz CT molecular complexity index is 279. The van der Waals surface area contributed by atoms with Gasteiger partial charge in [-0.3, -0.25) is 9.59 Å². The molecule has 0 aromatic rings. The largest absolute Gasteiger partial charge is 0.369 e. The van der Waals surface area contributed by atoms with Crippen LogP contribution >= 0.6 is 0 Å². The summed E-state index contributed by atoms with van der Waals surface area (Å²) in [5.41, 5.74) is 5.25. The number of amides is 1. The Morgan fingerprint density at radius 2 is 1.61 bits per heavy atom. The van der Waals surface area contributed by atoms with Gasteiger partial charge in [0.25, 0.3) is 0 Å². The smallest absolute Gasteiger partial charge is 0.220 e. The Morgan fingerprint density at radius 1 is 1.06 bits per heavy atom. The molecular formula is C15H29NO2. The topological polar surface area (TPSA) is 60.2 Å². The van der Waals surface area contributed by atoms with Crippen LogP contribution in [0.1, 0.15) is 66.7 Å². The van der Waals surface area contributed by atoms with E-state index in [4.69, 9.17) is 5.73 Å². The summed E-state index contributed by atoms with van der Waals surface area (Å²) in [5, 5.41) is 0. The van der Waals surface area contributed by atoms with E-state index >= 15 is 0 Å². The van der Waals surface area contributed by atoms with Crippen LogP contribution in [0.4, 0.5) is 0 Å². The summed E-state index contributed by atoms with van der Waals surface area (Å²) in [4.78, 5) is 22.8. The molecule has 0 aliphatic rings. The fraction of sp³-hybridized carbons (Fsp3) is 0.867. The molecule has 0 aliphatic carbocycles. The van der Waals surface area contributed by atoms with E-state index in [-0.39, 0.29) is 23.2 Å². The van der Waals surface area contributed by atoms with Crippen molar-refractivity contribution in [1.82, 2.24) is 0 Å². The van der Waals surface area contributed by atoms with E-state index < -0.39 is 0 Å². The van der Waals surface area contributed by atoms with Gasteiger partial charge in [-0.2, -0.15) is 0 Å². The lowest BCUT2D eigenvalue weighted by Crippen LogP contribution is -2.25. The highest BCUT2D eigenvalue weighted by molar-refractivity contribution is 5.81. The van der Waals surface area contributed by atoms with Crippen LogP contribution < -0.4 is 5.73 Å². The van der Waals surface area contributed by atoms with Crippen LogP contribution in [0.5, 0.6) is 0 Å². The fourth-order valence-corrected chi connectivity index (χ4v) is 1.77. The molecule has 1 unspecified atom stereocenters. The molecule has 3 nitrogen and oxygen atoms in total. The first kappa shape index (κ1) is 17.1. The quantitative estimate of drug-likeness (QED) is 0.676. The number of primary amides is 1. The van der Waals surface area contributed by atoms with Gasteiger partial charge in [0.2, 0.25) is 5.91 Å². The minimum Gasteiger partial charge on any atom is -0.369 e. The van der Waals surface area contributed by atoms with Gasteiger partial charge in [0.1, 0.15) is 5.78 Å². The molecule has 0 aromatic heterocycles. The number of nitrogens with two attached hydrogens (primary N) is 1. The third-order valence-electron chi connectivity index (χ3n) is 3.83. The summed E-state index contributed by atoms with van der Waals surface area (Å²) in [5.74, 6) is 0.189. The van der Waals surface area contributed by atoms with E-state index in [1.165, 1.54) is 0 Å². The lowest BCUT2D eigenvalue weighted by molar-refractivity contribution is -0.125. The maximum absolute atomic E-state index is 11.9. The van der Waals surface area contributed by atoms with Gasteiger partial charge >= 0.3 is 0 Å². The second-order valence-corrected chi connectivity index (χ2v) is 6.46. The molecular weight excluding hydrogens is 226 g/mol. The second kappa shape index (κ2) is 7.55. The van der Waals surface area contributed by atoms with Crippen molar-refractivity contribution in [3.63, 3.8) is 0 Å². The highest BCUT2D eigenvalue weighted by Crippen LogP contribution is 2.27. The minimum atomic E-state index is -0.229. The molecule has 0 spiro atoms. The number of rotatable bonds is 8. The highest BCUT2D eigenvalue weighted by atomic mass is 16.1. The van der Waals surface area contributed by atoms with Crippen molar-refractivity contribution in [1.29, 1.82) is 0 Å². The standard InChI is InChI=1S/C15H29NO2/c1-11(14(16)18)9-7-6-8-10-13(17)12(2)15(3,4)5/h11-12H,6-10H2,1-5H3,(H2,16,18)/t11?,12-/m1/s1.